The van der Waals surface area contributed by atoms with Crippen LogP contribution in [0.2, 0.25) is 0 Å². The molecule has 28 heavy (non-hydrogen) atoms. The van der Waals surface area contributed by atoms with Crippen molar-refractivity contribution in [3.05, 3.63) is 76.8 Å². The maximum atomic E-state index is 13.0. The molecule has 2 aromatic carbocycles. The molecule has 0 aliphatic heterocycles. The fourth-order valence-corrected chi connectivity index (χ4v) is 3.20. The van der Waals surface area contributed by atoms with E-state index in [9.17, 15) is 9.59 Å². The second kappa shape index (κ2) is 7.23. The van der Waals surface area contributed by atoms with E-state index >= 15 is 0 Å². The average molecular weight is 372 g/mol. The molecule has 0 fully saturated rings. The Kier molecular flexibility index (Phi) is 4.61. The molecular formula is C22H20N4O2. The Bertz CT molecular complexity index is 1240. The predicted octanol–water partition coefficient (Wildman–Crippen LogP) is 3.85. The number of carbonyl (C=O) groups is 1. The molecule has 0 radical (unpaired) electrons. The summed E-state index contributed by atoms with van der Waals surface area (Å²) < 4.78 is 1.38. The van der Waals surface area contributed by atoms with Crippen LogP contribution < -0.4 is 10.9 Å². The van der Waals surface area contributed by atoms with Gasteiger partial charge in [-0.05, 0) is 24.1 Å². The number of para-hydroxylation sites is 1. The first-order valence-electron chi connectivity index (χ1n) is 9.19. The molecule has 2 heterocycles. The van der Waals surface area contributed by atoms with Crippen molar-refractivity contribution in [2.75, 3.05) is 5.32 Å². The van der Waals surface area contributed by atoms with E-state index in [0.29, 0.717) is 23.0 Å². The van der Waals surface area contributed by atoms with Crippen LogP contribution in [0.3, 0.4) is 0 Å². The van der Waals surface area contributed by atoms with E-state index in [0.717, 1.165) is 10.9 Å². The second-order valence-electron chi connectivity index (χ2n) is 7.15. The van der Waals surface area contributed by atoms with Crippen molar-refractivity contribution in [2.45, 2.75) is 20.4 Å². The molecule has 6 nitrogen and oxygen atoms in total. The van der Waals surface area contributed by atoms with Crippen LogP contribution in [0.25, 0.3) is 21.7 Å². The molecular weight excluding hydrogens is 352 g/mol. The highest BCUT2D eigenvalue weighted by molar-refractivity contribution is 6.11. The van der Waals surface area contributed by atoms with Gasteiger partial charge in [-0.25, -0.2) is 4.68 Å². The van der Waals surface area contributed by atoms with E-state index in [1.165, 1.54) is 4.68 Å². The molecule has 2 aromatic heterocycles. The Labute approximate surface area is 161 Å². The molecule has 0 aliphatic rings. The fourth-order valence-electron chi connectivity index (χ4n) is 3.20. The summed E-state index contributed by atoms with van der Waals surface area (Å²) in [6, 6.07) is 16.6. The Morgan fingerprint density at radius 2 is 1.79 bits per heavy atom. The monoisotopic (exact) mass is 372 g/mol. The first-order valence-corrected chi connectivity index (χ1v) is 9.19. The van der Waals surface area contributed by atoms with Crippen LogP contribution in [0.4, 0.5) is 5.69 Å². The van der Waals surface area contributed by atoms with Gasteiger partial charge in [0.05, 0.1) is 22.8 Å². The number of amides is 1. The number of nitrogens with one attached hydrogen (secondary N) is 1. The predicted molar refractivity (Wildman–Crippen MR) is 111 cm³/mol. The molecule has 0 saturated heterocycles. The lowest BCUT2D eigenvalue weighted by Gasteiger charge is -2.13. The smallest absolute Gasteiger partial charge is 0.276 e. The summed E-state index contributed by atoms with van der Waals surface area (Å²) in [6.45, 7) is 4.45. The molecule has 0 saturated carbocycles. The molecule has 0 bridgehead atoms. The lowest BCUT2D eigenvalue weighted by Crippen LogP contribution is -2.29. The van der Waals surface area contributed by atoms with Crippen molar-refractivity contribution in [3.8, 4) is 0 Å². The minimum Gasteiger partial charge on any atom is -0.319 e. The van der Waals surface area contributed by atoms with Gasteiger partial charge < -0.3 is 5.32 Å². The Balaban J connectivity index is 1.77. The maximum Gasteiger partial charge on any atom is 0.276 e. The third-order valence-electron chi connectivity index (χ3n) is 4.47. The quantitative estimate of drug-likeness (QED) is 0.590. The number of nitrogens with zero attached hydrogens (tertiary/aromatic N) is 3. The standard InChI is InChI=1S/C22H20N4O2/c1-14(2)13-26-22(28)18-9-5-4-8-17(18)20(25-26)21(27)24-16-11-15-7-3-6-10-19(15)23-12-16/h3-12,14H,13H2,1-2H3,(H,24,27). The fraction of sp³-hybridized carbons (Fsp3) is 0.182. The van der Waals surface area contributed by atoms with Gasteiger partial charge in [-0.1, -0.05) is 50.2 Å². The number of aromatic nitrogens is 3. The minimum atomic E-state index is -0.370. The molecule has 6 heteroatoms. The Morgan fingerprint density at radius 3 is 2.57 bits per heavy atom. The number of anilines is 1. The highest BCUT2D eigenvalue weighted by Crippen LogP contribution is 2.19. The number of hydrogen-bond acceptors (Lipinski definition) is 4. The summed E-state index contributed by atoms with van der Waals surface area (Å²) in [5, 5.41) is 9.19. The molecule has 0 unspecified atom stereocenters. The zero-order valence-electron chi connectivity index (χ0n) is 15.7. The molecule has 0 spiro atoms. The summed E-state index contributed by atoms with van der Waals surface area (Å²) in [4.78, 5) is 30.1. The zero-order chi connectivity index (χ0) is 19.7. The van der Waals surface area contributed by atoms with E-state index in [1.807, 2.05) is 44.2 Å². The van der Waals surface area contributed by atoms with Crippen LogP contribution in [0.15, 0.2) is 65.6 Å². The molecule has 1 N–H and O–H groups in total. The van der Waals surface area contributed by atoms with Crippen LogP contribution in [-0.4, -0.2) is 20.7 Å². The summed E-state index contributed by atoms with van der Waals surface area (Å²) in [7, 11) is 0. The van der Waals surface area contributed by atoms with Gasteiger partial charge in [0, 0.05) is 17.3 Å². The lowest BCUT2D eigenvalue weighted by atomic mass is 10.1. The van der Waals surface area contributed by atoms with Gasteiger partial charge in [0.25, 0.3) is 11.5 Å². The highest BCUT2D eigenvalue weighted by atomic mass is 16.2. The summed E-state index contributed by atoms with van der Waals surface area (Å²) >= 11 is 0. The van der Waals surface area contributed by atoms with Crippen molar-refractivity contribution >= 4 is 33.3 Å². The van der Waals surface area contributed by atoms with Gasteiger partial charge in [-0.2, -0.15) is 5.10 Å². The minimum absolute atomic E-state index is 0.187. The van der Waals surface area contributed by atoms with Gasteiger partial charge >= 0.3 is 0 Å². The van der Waals surface area contributed by atoms with Crippen LogP contribution in [-0.2, 0) is 6.54 Å². The van der Waals surface area contributed by atoms with E-state index in [2.05, 4.69) is 15.4 Å². The molecule has 1 amide bonds. The van der Waals surface area contributed by atoms with Gasteiger partial charge in [-0.3, -0.25) is 14.6 Å². The normalized spacial score (nSPS) is 11.2. The number of pyridine rings is 1. The first-order chi connectivity index (χ1) is 13.5. The number of fused-ring (bicyclic) bond motifs is 2. The van der Waals surface area contributed by atoms with Gasteiger partial charge in [-0.15, -0.1) is 0 Å². The van der Waals surface area contributed by atoms with Gasteiger partial charge in [0.15, 0.2) is 5.69 Å². The highest BCUT2D eigenvalue weighted by Gasteiger charge is 2.17. The van der Waals surface area contributed by atoms with Crippen LogP contribution in [0, 0.1) is 5.92 Å². The Morgan fingerprint density at radius 1 is 1.07 bits per heavy atom. The van der Waals surface area contributed by atoms with E-state index < -0.39 is 0 Å². The third kappa shape index (κ3) is 3.36. The van der Waals surface area contributed by atoms with Crippen molar-refractivity contribution in [1.82, 2.24) is 14.8 Å². The second-order valence-corrected chi connectivity index (χ2v) is 7.15. The first kappa shape index (κ1) is 17.9. The number of carbonyl (C=O) groups excluding carboxylic acids is 1. The van der Waals surface area contributed by atoms with Crippen LogP contribution in [0.1, 0.15) is 24.3 Å². The van der Waals surface area contributed by atoms with Crippen molar-refractivity contribution in [3.63, 3.8) is 0 Å². The van der Waals surface area contributed by atoms with E-state index in [-0.39, 0.29) is 23.1 Å². The van der Waals surface area contributed by atoms with E-state index in [1.54, 1.807) is 30.5 Å². The largest absolute Gasteiger partial charge is 0.319 e. The van der Waals surface area contributed by atoms with Gasteiger partial charge in [0.2, 0.25) is 0 Å². The topological polar surface area (TPSA) is 76.9 Å². The Hall–Kier alpha value is -3.54. The molecule has 4 aromatic rings. The third-order valence-corrected chi connectivity index (χ3v) is 4.47. The van der Waals surface area contributed by atoms with Crippen molar-refractivity contribution < 1.29 is 4.79 Å². The molecule has 0 atom stereocenters. The van der Waals surface area contributed by atoms with Gasteiger partial charge in [0.1, 0.15) is 0 Å². The summed E-state index contributed by atoms with van der Waals surface area (Å²) in [5.74, 6) is -0.141. The van der Waals surface area contributed by atoms with Crippen molar-refractivity contribution in [2.24, 2.45) is 5.92 Å². The van der Waals surface area contributed by atoms with Crippen LogP contribution >= 0.6 is 0 Å². The average Bonchev–Trinajstić information content (AvgIpc) is 2.69. The summed E-state index contributed by atoms with van der Waals surface area (Å²) in [6.07, 6.45) is 1.62. The molecule has 140 valence electrons. The molecule has 0 aliphatic carbocycles. The molecule has 4 rings (SSSR count). The zero-order valence-corrected chi connectivity index (χ0v) is 15.7. The lowest BCUT2D eigenvalue weighted by molar-refractivity contribution is 0.102. The van der Waals surface area contributed by atoms with Crippen LogP contribution in [0.5, 0.6) is 0 Å². The summed E-state index contributed by atoms with van der Waals surface area (Å²) in [5.41, 5.74) is 1.47. The number of rotatable bonds is 4. The van der Waals surface area contributed by atoms with Crippen molar-refractivity contribution in [1.29, 1.82) is 0 Å². The maximum absolute atomic E-state index is 13.0. The SMILES string of the molecule is CC(C)Cn1nc(C(=O)Nc2cnc3ccccc3c2)c2ccccc2c1=O. The number of hydrogen-bond donors (Lipinski definition) is 1. The number of benzene rings is 2. The van der Waals surface area contributed by atoms with E-state index in [4.69, 9.17) is 0 Å².